The predicted molar refractivity (Wildman–Crippen MR) is 115 cm³/mol. The first-order valence-electron chi connectivity index (χ1n) is 9.82. The van der Waals surface area contributed by atoms with Crippen molar-refractivity contribution in [2.45, 2.75) is 13.0 Å². The van der Waals surface area contributed by atoms with E-state index in [0.717, 1.165) is 21.4 Å². The predicted octanol–water partition coefficient (Wildman–Crippen LogP) is 2.05. The van der Waals surface area contributed by atoms with Gasteiger partial charge in [-0.05, 0) is 30.5 Å². The lowest BCUT2D eigenvalue weighted by atomic mass is 10.1. The summed E-state index contributed by atoms with van der Waals surface area (Å²) >= 11 is 0. The van der Waals surface area contributed by atoms with Crippen molar-refractivity contribution in [1.82, 2.24) is 0 Å². The molecule has 30 heavy (non-hydrogen) atoms. The number of benzene rings is 3. The monoisotopic (exact) mass is 406 g/mol. The molecule has 0 spiro atoms. The summed E-state index contributed by atoms with van der Waals surface area (Å²) in [6.07, 6.45) is 0. The van der Waals surface area contributed by atoms with Crippen LogP contribution in [-0.2, 0) is 9.59 Å². The molecule has 1 unspecified atom stereocenters. The quantitative estimate of drug-likeness (QED) is 0.585. The van der Waals surface area contributed by atoms with Gasteiger partial charge in [0.2, 0.25) is 6.79 Å². The minimum Gasteiger partial charge on any atom is -0.454 e. The van der Waals surface area contributed by atoms with Gasteiger partial charge >= 0.3 is 0 Å². The average Bonchev–Trinajstić information content (AvgIpc) is 3.21. The fourth-order valence-electron chi connectivity index (χ4n) is 3.38. The minimum absolute atomic E-state index is 0.147. The smallest absolute Gasteiger partial charge is 0.282 e. The highest BCUT2D eigenvalue weighted by molar-refractivity contribution is 6.02. The van der Waals surface area contributed by atoms with E-state index in [1.165, 1.54) is 0 Å². The van der Waals surface area contributed by atoms with Gasteiger partial charge in [0.15, 0.2) is 24.1 Å². The average molecular weight is 406 g/mol. The largest absolute Gasteiger partial charge is 0.454 e. The number of rotatable bonds is 6. The molecule has 7 heteroatoms. The van der Waals surface area contributed by atoms with Gasteiger partial charge in [0.1, 0.15) is 0 Å². The van der Waals surface area contributed by atoms with Crippen LogP contribution in [-0.4, -0.2) is 38.2 Å². The molecule has 1 heterocycles. The van der Waals surface area contributed by atoms with Crippen LogP contribution < -0.4 is 25.0 Å². The van der Waals surface area contributed by atoms with Gasteiger partial charge in [-0.3, -0.25) is 9.59 Å². The second kappa shape index (κ2) is 8.42. The first-order chi connectivity index (χ1) is 14.5. The number of nitrogens with one attached hydrogen (secondary N) is 3. The molecular formula is C23H24N3O4+. The van der Waals surface area contributed by atoms with Gasteiger partial charge in [-0.2, -0.15) is 0 Å². The number of ether oxygens (including phenoxy) is 2. The fraction of sp³-hybridized carbons (Fsp3) is 0.217. The van der Waals surface area contributed by atoms with Crippen LogP contribution in [0.15, 0.2) is 60.7 Å². The van der Waals surface area contributed by atoms with E-state index in [2.05, 4.69) is 10.6 Å². The Balaban J connectivity index is 1.36. The van der Waals surface area contributed by atoms with Crippen LogP contribution >= 0.6 is 0 Å². The Hall–Kier alpha value is -3.58. The molecule has 4 rings (SSSR count). The SMILES string of the molecule is C[C@@H](C(=O)Nc1ccc2c(c1)OCO2)[NH+](C)CC(=O)Nc1cccc2ccccc12. The van der Waals surface area contributed by atoms with Crippen LogP contribution in [0, 0.1) is 0 Å². The first kappa shape index (κ1) is 19.7. The lowest BCUT2D eigenvalue weighted by Crippen LogP contribution is -3.14. The number of fused-ring (bicyclic) bond motifs is 2. The number of likely N-dealkylation sites (N-methyl/N-ethyl adjacent to an activating group) is 1. The van der Waals surface area contributed by atoms with E-state index in [0.29, 0.717) is 17.2 Å². The zero-order chi connectivity index (χ0) is 21.1. The Morgan fingerprint density at radius 1 is 1.00 bits per heavy atom. The number of carbonyl (C=O) groups excluding carboxylic acids is 2. The molecule has 0 fully saturated rings. The second-order valence-corrected chi connectivity index (χ2v) is 7.38. The third kappa shape index (κ3) is 4.21. The zero-order valence-electron chi connectivity index (χ0n) is 16.9. The van der Waals surface area contributed by atoms with E-state index in [1.54, 1.807) is 25.1 Å². The molecule has 3 aromatic rings. The minimum atomic E-state index is -0.423. The van der Waals surface area contributed by atoms with Gasteiger partial charge in [-0.15, -0.1) is 0 Å². The first-order valence-corrected chi connectivity index (χ1v) is 9.82. The Morgan fingerprint density at radius 3 is 2.63 bits per heavy atom. The van der Waals surface area contributed by atoms with Crippen molar-refractivity contribution in [3.8, 4) is 11.5 Å². The molecular weight excluding hydrogens is 382 g/mol. The Bertz CT molecular complexity index is 1090. The number of carbonyl (C=O) groups is 2. The molecule has 2 atom stereocenters. The number of anilines is 2. The topological polar surface area (TPSA) is 81.1 Å². The summed E-state index contributed by atoms with van der Waals surface area (Å²) in [5, 5.41) is 7.89. The second-order valence-electron chi connectivity index (χ2n) is 7.38. The lowest BCUT2D eigenvalue weighted by Gasteiger charge is -2.21. The van der Waals surface area contributed by atoms with E-state index in [-0.39, 0.29) is 25.2 Å². The van der Waals surface area contributed by atoms with E-state index in [4.69, 9.17) is 9.47 Å². The van der Waals surface area contributed by atoms with Crippen LogP contribution in [0.1, 0.15) is 6.92 Å². The molecule has 2 amide bonds. The summed E-state index contributed by atoms with van der Waals surface area (Å²) in [6, 6.07) is 18.5. The summed E-state index contributed by atoms with van der Waals surface area (Å²) in [5.74, 6) is 0.945. The molecule has 1 aliphatic rings. The Labute approximate surface area is 174 Å². The molecule has 0 radical (unpaired) electrons. The molecule has 3 aromatic carbocycles. The highest BCUT2D eigenvalue weighted by Crippen LogP contribution is 2.34. The number of hydrogen-bond acceptors (Lipinski definition) is 4. The molecule has 0 bridgehead atoms. The Morgan fingerprint density at radius 2 is 1.77 bits per heavy atom. The van der Waals surface area contributed by atoms with Gasteiger partial charge < -0.3 is 25.0 Å². The third-order valence-corrected chi connectivity index (χ3v) is 5.28. The van der Waals surface area contributed by atoms with Crippen molar-refractivity contribution in [2.75, 3.05) is 31.0 Å². The van der Waals surface area contributed by atoms with Gasteiger partial charge in [0.25, 0.3) is 11.8 Å². The molecule has 0 aromatic heterocycles. The molecule has 154 valence electrons. The summed E-state index contributed by atoms with van der Waals surface area (Å²) < 4.78 is 10.6. The molecule has 0 saturated heterocycles. The normalized spacial score (nSPS) is 14.2. The Kier molecular flexibility index (Phi) is 5.54. The molecule has 7 nitrogen and oxygen atoms in total. The maximum absolute atomic E-state index is 12.6. The third-order valence-electron chi connectivity index (χ3n) is 5.28. The van der Waals surface area contributed by atoms with Gasteiger partial charge in [-0.1, -0.05) is 36.4 Å². The lowest BCUT2D eigenvalue weighted by molar-refractivity contribution is -0.885. The van der Waals surface area contributed by atoms with Crippen molar-refractivity contribution >= 4 is 34.0 Å². The summed E-state index contributed by atoms with van der Waals surface area (Å²) in [5.41, 5.74) is 1.40. The summed E-state index contributed by atoms with van der Waals surface area (Å²) in [4.78, 5) is 26.0. The van der Waals surface area contributed by atoms with Crippen molar-refractivity contribution in [3.05, 3.63) is 60.7 Å². The van der Waals surface area contributed by atoms with Crippen LogP contribution in [0.4, 0.5) is 11.4 Å². The van der Waals surface area contributed by atoms with Crippen LogP contribution in [0.3, 0.4) is 0 Å². The van der Waals surface area contributed by atoms with Crippen LogP contribution in [0.5, 0.6) is 11.5 Å². The number of quaternary nitrogens is 1. The zero-order valence-corrected chi connectivity index (χ0v) is 16.9. The van der Waals surface area contributed by atoms with Gasteiger partial charge in [0, 0.05) is 22.8 Å². The highest BCUT2D eigenvalue weighted by atomic mass is 16.7. The summed E-state index contributed by atoms with van der Waals surface area (Å²) in [6.45, 7) is 2.14. The van der Waals surface area contributed by atoms with Crippen molar-refractivity contribution in [1.29, 1.82) is 0 Å². The molecule has 0 saturated carbocycles. The number of hydrogen-bond donors (Lipinski definition) is 3. The highest BCUT2D eigenvalue weighted by Gasteiger charge is 2.25. The maximum atomic E-state index is 12.6. The van der Waals surface area contributed by atoms with Crippen LogP contribution in [0.25, 0.3) is 10.8 Å². The molecule has 1 aliphatic heterocycles. The van der Waals surface area contributed by atoms with Gasteiger partial charge in [0.05, 0.1) is 7.05 Å². The van der Waals surface area contributed by atoms with Crippen molar-refractivity contribution in [3.63, 3.8) is 0 Å². The van der Waals surface area contributed by atoms with E-state index in [9.17, 15) is 9.59 Å². The van der Waals surface area contributed by atoms with E-state index in [1.807, 2.05) is 49.5 Å². The van der Waals surface area contributed by atoms with Crippen LogP contribution in [0.2, 0.25) is 0 Å². The maximum Gasteiger partial charge on any atom is 0.282 e. The van der Waals surface area contributed by atoms with Gasteiger partial charge in [-0.25, -0.2) is 0 Å². The molecule has 3 N–H and O–H groups in total. The van der Waals surface area contributed by atoms with E-state index < -0.39 is 6.04 Å². The van der Waals surface area contributed by atoms with E-state index >= 15 is 0 Å². The summed E-state index contributed by atoms with van der Waals surface area (Å²) in [7, 11) is 1.83. The van der Waals surface area contributed by atoms with Crippen molar-refractivity contribution < 1.29 is 24.0 Å². The van der Waals surface area contributed by atoms with Crippen molar-refractivity contribution in [2.24, 2.45) is 0 Å². The standard InChI is InChI=1S/C23H23N3O4/c1-15(23(28)24-17-10-11-20-21(12-17)30-14-29-20)26(2)13-22(27)25-19-9-5-7-16-6-3-4-8-18(16)19/h3-12,15H,13-14H2,1-2H3,(H,24,28)(H,25,27)/p+1/t15-/m0/s1. The fourth-order valence-corrected chi connectivity index (χ4v) is 3.38. The number of amides is 2. The molecule has 0 aliphatic carbocycles.